The first-order valence-electron chi connectivity index (χ1n) is 6.81. The second-order valence-electron chi connectivity index (χ2n) is 5.27. The molecule has 0 radical (unpaired) electrons. The van der Waals surface area contributed by atoms with Crippen LogP contribution in [-0.4, -0.2) is 28.0 Å². The summed E-state index contributed by atoms with van der Waals surface area (Å²) in [4.78, 5) is 35.5. The highest BCUT2D eigenvalue weighted by atomic mass is 19.1. The van der Waals surface area contributed by atoms with E-state index in [0.717, 1.165) is 12.1 Å². The third-order valence-electron chi connectivity index (χ3n) is 3.83. The third kappa shape index (κ3) is 2.04. The zero-order valence-electron chi connectivity index (χ0n) is 12.1. The van der Waals surface area contributed by atoms with Gasteiger partial charge in [-0.05, 0) is 19.1 Å². The Labute approximate surface area is 129 Å². The largest absolute Gasteiger partial charge is 0.488 e. The highest BCUT2D eigenvalue weighted by Crippen LogP contribution is 2.36. The van der Waals surface area contributed by atoms with Crippen molar-refractivity contribution in [1.29, 1.82) is 0 Å². The lowest BCUT2D eigenvalue weighted by Gasteiger charge is -2.28. The van der Waals surface area contributed by atoms with E-state index in [1.165, 1.54) is 10.8 Å². The molecule has 2 aromatic rings. The quantitative estimate of drug-likeness (QED) is 0.692. The molecule has 1 aromatic carbocycles. The van der Waals surface area contributed by atoms with Gasteiger partial charge in [-0.25, -0.2) is 9.18 Å². The summed E-state index contributed by atoms with van der Waals surface area (Å²) < 4.78 is 21.3. The number of aromatic nitrogens is 1. The molecule has 2 heterocycles. The van der Waals surface area contributed by atoms with Gasteiger partial charge in [0.2, 0.25) is 5.43 Å². The van der Waals surface area contributed by atoms with Crippen LogP contribution in [0.2, 0.25) is 0 Å². The van der Waals surface area contributed by atoms with E-state index >= 15 is 0 Å². The number of halogens is 1. The van der Waals surface area contributed by atoms with Crippen LogP contribution in [0.5, 0.6) is 5.75 Å². The number of carbonyl (C=O) groups is 2. The molecule has 1 aliphatic heterocycles. The molecule has 1 atom stereocenters. The molecule has 1 N–H and O–H groups in total. The Hall–Kier alpha value is -2.96. The molecule has 7 heteroatoms. The molecule has 0 amide bonds. The topological polar surface area (TPSA) is 85.6 Å². The number of carboxylic acids is 1. The molecule has 0 aliphatic carbocycles. The summed E-state index contributed by atoms with van der Waals surface area (Å²) in [5.41, 5.74) is -1.38. The molecule has 0 unspecified atom stereocenters. The lowest BCUT2D eigenvalue weighted by Crippen LogP contribution is -2.27. The van der Waals surface area contributed by atoms with Crippen molar-refractivity contribution in [3.05, 3.63) is 52.1 Å². The van der Waals surface area contributed by atoms with Gasteiger partial charge >= 0.3 is 5.97 Å². The van der Waals surface area contributed by atoms with Gasteiger partial charge in [0.1, 0.15) is 23.6 Å². The number of ketones is 1. The standard InChI is InChI=1S/C16H12FNO5/c1-3-11(19)12-10(17)4-8-13-15(12)23-6-7(2)18(13)5-9(14(8)20)16(21)22/h3-5,7H,1,6H2,2H3,(H,21,22)/t7-/m0/s1. The fraction of sp³-hybridized carbons (Fsp3) is 0.188. The minimum absolute atomic E-state index is 0.0583. The summed E-state index contributed by atoms with van der Waals surface area (Å²) in [6.07, 6.45) is 2.15. The van der Waals surface area contributed by atoms with E-state index in [-0.39, 0.29) is 34.9 Å². The minimum Gasteiger partial charge on any atom is -0.488 e. The van der Waals surface area contributed by atoms with Crippen molar-refractivity contribution < 1.29 is 23.8 Å². The maximum Gasteiger partial charge on any atom is 0.341 e. The average molecular weight is 317 g/mol. The van der Waals surface area contributed by atoms with Crippen LogP contribution in [0.15, 0.2) is 29.7 Å². The van der Waals surface area contributed by atoms with E-state index in [2.05, 4.69) is 6.58 Å². The summed E-state index contributed by atoms with van der Waals surface area (Å²) in [5.74, 6) is -3.07. The Morgan fingerprint density at radius 3 is 2.83 bits per heavy atom. The zero-order chi connectivity index (χ0) is 16.9. The Morgan fingerprint density at radius 1 is 1.52 bits per heavy atom. The zero-order valence-corrected chi connectivity index (χ0v) is 12.1. The predicted molar refractivity (Wildman–Crippen MR) is 79.9 cm³/mol. The van der Waals surface area contributed by atoms with Crippen LogP contribution in [0.3, 0.4) is 0 Å². The van der Waals surface area contributed by atoms with Crippen molar-refractivity contribution in [1.82, 2.24) is 4.57 Å². The van der Waals surface area contributed by atoms with Crippen LogP contribution in [0, 0.1) is 5.82 Å². The summed E-state index contributed by atoms with van der Waals surface area (Å²) in [7, 11) is 0. The average Bonchev–Trinajstić information content (AvgIpc) is 2.51. The lowest BCUT2D eigenvalue weighted by atomic mass is 10.0. The number of allylic oxidation sites excluding steroid dienone is 1. The van der Waals surface area contributed by atoms with E-state index in [4.69, 9.17) is 9.84 Å². The number of nitrogens with zero attached hydrogens (tertiary/aromatic N) is 1. The van der Waals surface area contributed by atoms with Crippen LogP contribution >= 0.6 is 0 Å². The highest BCUT2D eigenvalue weighted by molar-refractivity contribution is 6.10. The first-order valence-corrected chi connectivity index (χ1v) is 6.81. The number of pyridine rings is 1. The molecular weight excluding hydrogens is 305 g/mol. The van der Waals surface area contributed by atoms with E-state index in [0.29, 0.717) is 0 Å². The molecular formula is C16H12FNO5. The third-order valence-corrected chi connectivity index (χ3v) is 3.83. The number of rotatable bonds is 3. The summed E-state index contributed by atoms with van der Waals surface area (Å²) in [6.45, 7) is 5.20. The van der Waals surface area contributed by atoms with E-state index in [1.54, 1.807) is 6.92 Å². The number of hydrogen-bond donors (Lipinski definition) is 1. The highest BCUT2D eigenvalue weighted by Gasteiger charge is 2.29. The maximum absolute atomic E-state index is 14.3. The molecule has 1 aromatic heterocycles. The van der Waals surface area contributed by atoms with Crippen molar-refractivity contribution in [2.24, 2.45) is 0 Å². The lowest BCUT2D eigenvalue weighted by molar-refractivity contribution is 0.0694. The number of ether oxygens (including phenoxy) is 1. The monoisotopic (exact) mass is 317 g/mol. The Bertz CT molecular complexity index is 944. The summed E-state index contributed by atoms with van der Waals surface area (Å²) in [6, 6.07) is 0.600. The van der Waals surface area contributed by atoms with Crippen molar-refractivity contribution >= 4 is 22.7 Å². The van der Waals surface area contributed by atoms with Crippen LogP contribution in [0.4, 0.5) is 4.39 Å². The van der Waals surface area contributed by atoms with Crippen molar-refractivity contribution in [2.75, 3.05) is 6.61 Å². The second kappa shape index (κ2) is 5.05. The molecule has 0 fully saturated rings. The Balaban J connectivity index is 2.55. The van der Waals surface area contributed by atoms with Gasteiger partial charge < -0.3 is 14.4 Å². The van der Waals surface area contributed by atoms with Crippen molar-refractivity contribution in [2.45, 2.75) is 13.0 Å². The van der Waals surface area contributed by atoms with Crippen molar-refractivity contribution in [3.8, 4) is 5.75 Å². The van der Waals surface area contributed by atoms with E-state index in [1.807, 2.05) is 0 Å². The minimum atomic E-state index is -1.40. The fourth-order valence-corrected chi connectivity index (χ4v) is 2.71. The van der Waals surface area contributed by atoms with Gasteiger partial charge in [-0.15, -0.1) is 0 Å². The molecule has 3 rings (SSSR count). The van der Waals surface area contributed by atoms with Gasteiger partial charge in [-0.1, -0.05) is 6.58 Å². The SMILES string of the molecule is C=CC(=O)c1c(F)cc2c(=O)c(C(=O)O)cn3c2c1OC[C@@H]3C. The molecule has 0 bridgehead atoms. The predicted octanol–water partition coefficient (Wildman–Crippen LogP) is 2.16. The van der Waals surface area contributed by atoms with E-state index < -0.39 is 28.6 Å². The maximum atomic E-state index is 14.3. The molecule has 23 heavy (non-hydrogen) atoms. The molecule has 0 saturated carbocycles. The molecule has 0 spiro atoms. The number of benzene rings is 1. The first kappa shape index (κ1) is 15.0. The van der Waals surface area contributed by atoms with Crippen LogP contribution in [0.1, 0.15) is 33.7 Å². The number of aromatic carboxylic acids is 1. The van der Waals surface area contributed by atoms with Gasteiger partial charge in [0, 0.05) is 6.20 Å². The van der Waals surface area contributed by atoms with E-state index in [9.17, 15) is 18.8 Å². The molecule has 1 aliphatic rings. The summed E-state index contributed by atoms with van der Waals surface area (Å²) in [5, 5.41) is 9.03. The molecule has 6 nitrogen and oxygen atoms in total. The Kier molecular flexibility index (Phi) is 3.28. The smallest absolute Gasteiger partial charge is 0.341 e. The second-order valence-corrected chi connectivity index (χ2v) is 5.27. The van der Waals surface area contributed by atoms with Crippen LogP contribution < -0.4 is 10.2 Å². The molecule has 0 saturated heterocycles. The van der Waals surface area contributed by atoms with Gasteiger partial charge in [-0.3, -0.25) is 9.59 Å². The molecule has 118 valence electrons. The van der Waals surface area contributed by atoms with Crippen LogP contribution in [-0.2, 0) is 0 Å². The van der Waals surface area contributed by atoms with Gasteiger partial charge in [0.25, 0.3) is 0 Å². The summed E-state index contributed by atoms with van der Waals surface area (Å²) >= 11 is 0. The number of carboxylic acid groups (broad SMARTS) is 1. The number of carbonyl (C=O) groups excluding carboxylic acids is 1. The van der Waals surface area contributed by atoms with Gasteiger partial charge in [-0.2, -0.15) is 0 Å². The fourth-order valence-electron chi connectivity index (χ4n) is 2.71. The van der Waals surface area contributed by atoms with Crippen molar-refractivity contribution in [3.63, 3.8) is 0 Å². The normalized spacial score (nSPS) is 16.0. The Morgan fingerprint density at radius 2 is 2.22 bits per heavy atom. The first-order chi connectivity index (χ1) is 10.9. The van der Waals surface area contributed by atoms with Crippen LogP contribution in [0.25, 0.3) is 10.9 Å². The van der Waals surface area contributed by atoms with Gasteiger partial charge in [0.15, 0.2) is 11.5 Å². The number of hydrogen-bond acceptors (Lipinski definition) is 4. The van der Waals surface area contributed by atoms with Gasteiger partial charge in [0.05, 0.1) is 16.9 Å².